The monoisotopic (exact) mass is 228 g/mol. The second kappa shape index (κ2) is 3.70. The Hall–Kier alpha value is -1.29. The van der Waals surface area contributed by atoms with E-state index in [0.29, 0.717) is 24.3 Å². The largest absolute Gasteiger partial charge is 0.372 e. The standard InChI is InChI=1S/C10H10ClFN2O/c1-14-3-2-10(15)13-8-4-6(11)7(12)5-9(8)14/h4-5H,2-3H2,1H3,(H,13,15). The molecule has 0 atom stereocenters. The van der Waals surface area contributed by atoms with Crippen LogP contribution in [-0.4, -0.2) is 19.5 Å². The van der Waals surface area contributed by atoms with E-state index in [0.717, 1.165) is 0 Å². The van der Waals surface area contributed by atoms with E-state index in [1.807, 2.05) is 11.9 Å². The van der Waals surface area contributed by atoms with Crippen molar-refractivity contribution in [3.05, 3.63) is 23.0 Å². The third-order valence-corrected chi connectivity index (χ3v) is 2.69. The number of anilines is 2. The molecule has 0 fully saturated rings. The van der Waals surface area contributed by atoms with Gasteiger partial charge in [0.1, 0.15) is 5.82 Å². The summed E-state index contributed by atoms with van der Waals surface area (Å²) >= 11 is 5.65. The van der Waals surface area contributed by atoms with E-state index in [2.05, 4.69) is 5.32 Å². The molecule has 0 saturated carbocycles. The lowest BCUT2D eigenvalue weighted by Crippen LogP contribution is -2.18. The van der Waals surface area contributed by atoms with Crippen molar-refractivity contribution in [2.45, 2.75) is 6.42 Å². The Morgan fingerprint density at radius 3 is 3.00 bits per heavy atom. The fourth-order valence-corrected chi connectivity index (χ4v) is 1.72. The van der Waals surface area contributed by atoms with Crippen molar-refractivity contribution < 1.29 is 9.18 Å². The van der Waals surface area contributed by atoms with E-state index in [1.165, 1.54) is 12.1 Å². The molecular weight excluding hydrogens is 219 g/mol. The second-order valence-electron chi connectivity index (χ2n) is 3.50. The topological polar surface area (TPSA) is 32.3 Å². The molecule has 1 amide bonds. The zero-order valence-corrected chi connectivity index (χ0v) is 8.94. The molecule has 1 aliphatic rings. The summed E-state index contributed by atoms with van der Waals surface area (Å²) in [6, 6.07) is 2.77. The van der Waals surface area contributed by atoms with E-state index < -0.39 is 5.82 Å². The number of nitrogens with one attached hydrogen (secondary N) is 1. The van der Waals surface area contributed by atoms with Gasteiger partial charge in [0.25, 0.3) is 0 Å². The molecule has 0 bridgehead atoms. The lowest BCUT2D eigenvalue weighted by molar-refractivity contribution is -0.115. The highest BCUT2D eigenvalue weighted by Crippen LogP contribution is 2.32. The summed E-state index contributed by atoms with van der Waals surface area (Å²) in [5.41, 5.74) is 1.22. The van der Waals surface area contributed by atoms with Crippen molar-refractivity contribution in [2.24, 2.45) is 0 Å². The summed E-state index contributed by atoms with van der Waals surface area (Å²) in [5.74, 6) is -0.554. The number of carbonyl (C=O) groups excluding carboxylic acids is 1. The molecule has 1 aromatic carbocycles. The van der Waals surface area contributed by atoms with Crippen LogP contribution in [0.3, 0.4) is 0 Å². The highest BCUT2D eigenvalue weighted by atomic mass is 35.5. The minimum atomic E-state index is -0.474. The van der Waals surface area contributed by atoms with Crippen molar-refractivity contribution in [1.29, 1.82) is 0 Å². The van der Waals surface area contributed by atoms with Gasteiger partial charge in [-0.25, -0.2) is 4.39 Å². The highest BCUT2D eigenvalue weighted by Gasteiger charge is 2.18. The maximum absolute atomic E-state index is 13.2. The zero-order valence-electron chi connectivity index (χ0n) is 8.18. The third-order valence-electron chi connectivity index (χ3n) is 2.40. The van der Waals surface area contributed by atoms with Crippen LogP contribution < -0.4 is 10.2 Å². The molecule has 1 N–H and O–H groups in total. The van der Waals surface area contributed by atoms with Crippen molar-refractivity contribution >= 4 is 28.9 Å². The predicted octanol–water partition coefficient (Wildman–Crippen LogP) is 2.26. The fraction of sp³-hybridized carbons (Fsp3) is 0.300. The number of benzene rings is 1. The first-order chi connectivity index (χ1) is 7.08. The van der Waals surface area contributed by atoms with Gasteiger partial charge in [0.15, 0.2) is 0 Å². The number of nitrogens with zero attached hydrogens (tertiary/aromatic N) is 1. The Labute approximate surface area is 91.8 Å². The van der Waals surface area contributed by atoms with Crippen LogP contribution in [0.2, 0.25) is 5.02 Å². The number of fused-ring (bicyclic) bond motifs is 1. The number of carbonyl (C=O) groups is 1. The molecule has 0 aromatic heterocycles. The summed E-state index contributed by atoms with van der Waals surface area (Å²) in [4.78, 5) is 13.1. The van der Waals surface area contributed by atoms with Crippen LogP contribution in [0.5, 0.6) is 0 Å². The molecule has 0 spiro atoms. The molecule has 2 rings (SSSR count). The van der Waals surface area contributed by atoms with E-state index >= 15 is 0 Å². The Morgan fingerprint density at radius 2 is 2.27 bits per heavy atom. The van der Waals surface area contributed by atoms with Gasteiger partial charge in [0.2, 0.25) is 5.91 Å². The molecule has 0 radical (unpaired) electrons. The maximum Gasteiger partial charge on any atom is 0.226 e. The molecule has 1 heterocycles. The van der Waals surface area contributed by atoms with Crippen molar-refractivity contribution in [2.75, 3.05) is 23.8 Å². The van der Waals surface area contributed by atoms with Gasteiger partial charge in [0, 0.05) is 26.1 Å². The SMILES string of the molecule is CN1CCC(=O)Nc2cc(Cl)c(F)cc21. The Morgan fingerprint density at radius 1 is 1.53 bits per heavy atom. The smallest absolute Gasteiger partial charge is 0.226 e. The zero-order chi connectivity index (χ0) is 11.0. The van der Waals surface area contributed by atoms with Gasteiger partial charge < -0.3 is 10.2 Å². The highest BCUT2D eigenvalue weighted by molar-refractivity contribution is 6.31. The van der Waals surface area contributed by atoms with Crippen LogP contribution in [0, 0.1) is 5.82 Å². The first-order valence-electron chi connectivity index (χ1n) is 4.58. The normalized spacial score (nSPS) is 15.7. The van der Waals surface area contributed by atoms with Crippen molar-refractivity contribution in [1.82, 2.24) is 0 Å². The maximum atomic E-state index is 13.2. The molecule has 0 aliphatic carbocycles. The minimum absolute atomic E-state index is 0.0179. The lowest BCUT2D eigenvalue weighted by atomic mass is 10.2. The second-order valence-corrected chi connectivity index (χ2v) is 3.91. The van der Waals surface area contributed by atoms with E-state index in [9.17, 15) is 9.18 Å². The van der Waals surface area contributed by atoms with Crippen LogP contribution in [0.15, 0.2) is 12.1 Å². The first-order valence-corrected chi connectivity index (χ1v) is 4.96. The molecule has 1 aromatic rings. The molecule has 1 aliphatic heterocycles. The van der Waals surface area contributed by atoms with Crippen LogP contribution in [0.1, 0.15) is 6.42 Å². The van der Waals surface area contributed by atoms with Gasteiger partial charge in [-0.1, -0.05) is 11.6 Å². The number of rotatable bonds is 0. The number of amides is 1. The minimum Gasteiger partial charge on any atom is -0.372 e. The summed E-state index contributed by atoms with van der Waals surface area (Å²) in [5, 5.41) is 2.71. The molecule has 3 nitrogen and oxygen atoms in total. The quantitative estimate of drug-likeness (QED) is 0.739. The van der Waals surface area contributed by atoms with Gasteiger partial charge in [-0.15, -0.1) is 0 Å². The van der Waals surface area contributed by atoms with Gasteiger partial charge >= 0.3 is 0 Å². The average molecular weight is 229 g/mol. The Balaban J connectivity index is 2.52. The lowest BCUT2D eigenvalue weighted by Gasteiger charge is -2.18. The van der Waals surface area contributed by atoms with E-state index in [4.69, 9.17) is 11.6 Å². The average Bonchev–Trinajstić information content (AvgIpc) is 2.30. The predicted molar refractivity (Wildman–Crippen MR) is 57.9 cm³/mol. The molecule has 80 valence electrons. The van der Waals surface area contributed by atoms with Gasteiger partial charge in [-0.2, -0.15) is 0 Å². The number of hydrogen-bond acceptors (Lipinski definition) is 2. The van der Waals surface area contributed by atoms with Gasteiger partial charge in [-0.05, 0) is 6.07 Å². The van der Waals surface area contributed by atoms with Crippen LogP contribution >= 0.6 is 11.6 Å². The van der Waals surface area contributed by atoms with Crippen molar-refractivity contribution in [3.63, 3.8) is 0 Å². The van der Waals surface area contributed by atoms with Crippen molar-refractivity contribution in [3.8, 4) is 0 Å². The molecule has 0 saturated heterocycles. The molecule has 5 heteroatoms. The Kier molecular flexibility index (Phi) is 2.52. The summed E-state index contributed by atoms with van der Waals surface area (Å²) in [6.45, 7) is 0.569. The number of halogens is 2. The summed E-state index contributed by atoms with van der Waals surface area (Å²) < 4.78 is 13.2. The number of hydrogen-bond donors (Lipinski definition) is 1. The summed E-state index contributed by atoms with van der Waals surface area (Å²) in [7, 11) is 1.81. The fourth-order valence-electron chi connectivity index (χ4n) is 1.55. The van der Waals surface area contributed by atoms with Crippen LogP contribution in [0.25, 0.3) is 0 Å². The van der Waals surface area contributed by atoms with Crippen LogP contribution in [0.4, 0.5) is 15.8 Å². The van der Waals surface area contributed by atoms with Gasteiger partial charge in [-0.3, -0.25) is 4.79 Å². The molecule has 0 unspecified atom stereocenters. The van der Waals surface area contributed by atoms with Crippen LogP contribution in [-0.2, 0) is 4.79 Å². The van der Waals surface area contributed by atoms with E-state index in [-0.39, 0.29) is 10.9 Å². The van der Waals surface area contributed by atoms with Gasteiger partial charge in [0.05, 0.1) is 16.4 Å². The summed E-state index contributed by atoms with van der Waals surface area (Å²) in [6.07, 6.45) is 0.393. The molecule has 15 heavy (non-hydrogen) atoms. The Bertz CT molecular complexity index is 422. The first kappa shape index (κ1) is 10.2. The third kappa shape index (κ3) is 1.90. The van der Waals surface area contributed by atoms with E-state index in [1.54, 1.807) is 0 Å². The molecular formula is C10H10ClFN2O.